The Balaban J connectivity index is 2.16. The molecule has 0 aliphatic heterocycles. The molecule has 2 aromatic carbocycles. The van der Waals surface area contributed by atoms with Gasteiger partial charge in [0.2, 0.25) is 0 Å². The molecule has 3 rings (SSSR count). The maximum absolute atomic E-state index is 9.09. The van der Waals surface area contributed by atoms with Crippen molar-refractivity contribution in [2.24, 2.45) is 0 Å². The summed E-state index contributed by atoms with van der Waals surface area (Å²) < 4.78 is 0. The van der Waals surface area contributed by atoms with Crippen LogP contribution in [-0.4, -0.2) is 4.98 Å². The average molecular weight is 408 g/mol. The second-order valence-corrected chi connectivity index (χ2v) is 6.93. The molecule has 0 saturated heterocycles. The van der Waals surface area contributed by atoms with Gasteiger partial charge in [-0.2, -0.15) is 5.26 Å². The first-order chi connectivity index (χ1) is 12.0. The van der Waals surface area contributed by atoms with Crippen LogP contribution in [0.3, 0.4) is 0 Å². The number of aromatic nitrogens is 1. The van der Waals surface area contributed by atoms with Gasteiger partial charge in [0, 0.05) is 11.1 Å². The first kappa shape index (κ1) is 18.0. The Hall–Kier alpha value is -1.76. The molecule has 0 aliphatic carbocycles. The van der Waals surface area contributed by atoms with Gasteiger partial charge in [0.15, 0.2) is 0 Å². The van der Waals surface area contributed by atoms with E-state index in [-0.39, 0.29) is 6.42 Å². The minimum Gasteiger partial charge on any atom is -0.247 e. The SMILES string of the molecule is N#CCc1ccc(-c2ccc(Cl)c(Cl)c2)nc1-c1ccc(Cl)c(Cl)c1. The second-order valence-electron chi connectivity index (χ2n) is 5.30. The monoisotopic (exact) mass is 406 g/mol. The molecule has 1 heterocycles. The number of hydrogen-bond acceptors (Lipinski definition) is 2. The topological polar surface area (TPSA) is 36.7 Å². The van der Waals surface area contributed by atoms with Gasteiger partial charge in [0.1, 0.15) is 0 Å². The Kier molecular flexibility index (Phi) is 5.51. The number of halogens is 4. The molecule has 0 bridgehead atoms. The molecule has 25 heavy (non-hydrogen) atoms. The standard InChI is InChI=1S/C19H10Cl4N2/c20-14-4-1-12(9-16(14)22)18-6-3-11(7-8-24)19(25-18)13-2-5-15(21)17(23)10-13/h1-6,9-10H,7H2. The Bertz CT molecular complexity index is 993. The highest BCUT2D eigenvalue weighted by Crippen LogP contribution is 2.33. The maximum atomic E-state index is 9.09. The third-order valence-electron chi connectivity index (χ3n) is 3.66. The normalized spacial score (nSPS) is 10.5. The summed E-state index contributed by atoms with van der Waals surface area (Å²) in [5, 5.41) is 10.9. The lowest BCUT2D eigenvalue weighted by Gasteiger charge is -2.11. The third kappa shape index (κ3) is 3.92. The quantitative estimate of drug-likeness (QED) is 0.464. The zero-order chi connectivity index (χ0) is 18.0. The van der Waals surface area contributed by atoms with Crippen LogP contribution in [0.15, 0.2) is 48.5 Å². The van der Waals surface area contributed by atoms with Crippen LogP contribution >= 0.6 is 46.4 Å². The summed E-state index contributed by atoms with van der Waals surface area (Å²) in [6.07, 6.45) is 0.240. The summed E-state index contributed by atoms with van der Waals surface area (Å²) >= 11 is 24.2. The number of pyridine rings is 1. The van der Waals surface area contributed by atoms with E-state index < -0.39 is 0 Å². The Morgan fingerprint density at radius 3 is 1.96 bits per heavy atom. The van der Waals surface area contributed by atoms with Crippen molar-refractivity contribution >= 4 is 46.4 Å². The van der Waals surface area contributed by atoms with E-state index in [0.29, 0.717) is 25.8 Å². The molecular weight excluding hydrogens is 398 g/mol. The van der Waals surface area contributed by atoms with Gasteiger partial charge in [-0.15, -0.1) is 0 Å². The molecule has 0 aliphatic rings. The van der Waals surface area contributed by atoms with E-state index in [1.165, 1.54) is 0 Å². The van der Waals surface area contributed by atoms with Crippen molar-refractivity contribution in [1.29, 1.82) is 5.26 Å². The number of rotatable bonds is 3. The van der Waals surface area contributed by atoms with Crippen molar-refractivity contribution < 1.29 is 0 Å². The predicted octanol–water partition coefficient (Wildman–Crippen LogP) is 7.10. The highest BCUT2D eigenvalue weighted by atomic mass is 35.5. The second kappa shape index (κ2) is 7.64. The van der Waals surface area contributed by atoms with Gasteiger partial charge in [-0.25, -0.2) is 4.98 Å². The summed E-state index contributed by atoms with van der Waals surface area (Å²) in [7, 11) is 0. The minimum atomic E-state index is 0.240. The smallest absolute Gasteiger partial charge is 0.0752 e. The zero-order valence-corrected chi connectivity index (χ0v) is 15.8. The number of hydrogen-bond donors (Lipinski definition) is 0. The van der Waals surface area contributed by atoms with Crippen LogP contribution in [0.4, 0.5) is 0 Å². The van der Waals surface area contributed by atoms with Gasteiger partial charge in [0.25, 0.3) is 0 Å². The minimum absolute atomic E-state index is 0.240. The highest BCUT2D eigenvalue weighted by molar-refractivity contribution is 6.42. The molecular formula is C19H10Cl4N2. The molecule has 1 aromatic heterocycles. The zero-order valence-electron chi connectivity index (χ0n) is 12.7. The van der Waals surface area contributed by atoms with Crippen molar-refractivity contribution in [3.05, 3.63) is 74.2 Å². The van der Waals surface area contributed by atoms with Gasteiger partial charge in [-0.3, -0.25) is 0 Å². The van der Waals surface area contributed by atoms with E-state index in [1.807, 2.05) is 24.3 Å². The maximum Gasteiger partial charge on any atom is 0.0752 e. The molecule has 0 saturated carbocycles. The first-order valence-corrected chi connectivity index (χ1v) is 8.78. The van der Waals surface area contributed by atoms with Crippen molar-refractivity contribution in [2.45, 2.75) is 6.42 Å². The Morgan fingerprint density at radius 2 is 1.36 bits per heavy atom. The molecule has 0 unspecified atom stereocenters. The van der Waals surface area contributed by atoms with Crippen LogP contribution < -0.4 is 0 Å². The molecule has 3 aromatic rings. The fraction of sp³-hybridized carbons (Fsp3) is 0.0526. The number of nitrogens with zero attached hydrogens (tertiary/aromatic N) is 2. The van der Waals surface area contributed by atoms with Gasteiger partial charge < -0.3 is 0 Å². The van der Waals surface area contributed by atoms with E-state index in [1.54, 1.807) is 24.3 Å². The van der Waals surface area contributed by atoms with E-state index >= 15 is 0 Å². The molecule has 0 N–H and O–H groups in total. The molecule has 0 amide bonds. The molecule has 0 spiro atoms. The van der Waals surface area contributed by atoms with E-state index in [9.17, 15) is 0 Å². The summed E-state index contributed by atoms with van der Waals surface area (Å²) in [5.74, 6) is 0. The third-order valence-corrected chi connectivity index (χ3v) is 5.13. The van der Waals surface area contributed by atoms with Crippen LogP contribution in [0.2, 0.25) is 20.1 Å². The predicted molar refractivity (Wildman–Crippen MR) is 104 cm³/mol. The van der Waals surface area contributed by atoms with Gasteiger partial charge >= 0.3 is 0 Å². The van der Waals surface area contributed by atoms with E-state index in [4.69, 9.17) is 56.6 Å². The number of nitriles is 1. The Labute approximate surface area is 165 Å². The lowest BCUT2D eigenvalue weighted by molar-refractivity contribution is 1.20. The van der Waals surface area contributed by atoms with Gasteiger partial charge in [-0.1, -0.05) is 64.6 Å². The van der Waals surface area contributed by atoms with Gasteiger partial charge in [0.05, 0.1) is 44.0 Å². The Morgan fingerprint density at radius 1 is 0.760 bits per heavy atom. The summed E-state index contributed by atoms with van der Waals surface area (Å²) in [5.41, 5.74) is 3.84. The van der Waals surface area contributed by atoms with Crippen molar-refractivity contribution in [3.63, 3.8) is 0 Å². The van der Waals surface area contributed by atoms with Crippen molar-refractivity contribution in [1.82, 2.24) is 4.98 Å². The van der Waals surface area contributed by atoms with Crippen LogP contribution in [0.1, 0.15) is 5.56 Å². The summed E-state index contributed by atoms with van der Waals surface area (Å²) in [4.78, 5) is 4.72. The first-order valence-electron chi connectivity index (χ1n) is 7.27. The molecule has 0 fully saturated rings. The van der Waals surface area contributed by atoms with Gasteiger partial charge in [-0.05, 0) is 35.9 Å². The average Bonchev–Trinajstić information content (AvgIpc) is 2.60. The highest BCUT2D eigenvalue weighted by Gasteiger charge is 2.12. The summed E-state index contributed by atoms with van der Waals surface area (Å²) in [6.45, 7) is 0. The van der Waals surface area contributed by atoms with Crippen LogP contribution in [0.5, 0.6) is 0 Å². The molecule has 124 valence electrons. The molecule has 0 radical (unpaired) electrons. The van der Waals surface area contributed by atoms with Crippen LogP contribution in [0, 0.1) is 11.3 Å². The van der Waals surface area contributed by atoms with E-state index in [2.05, 4.69) is 6.07 Å². The lowest BCUT2D eigenvalue weighted by Crippen LogP contribution is -1.95. The van der Waals surface area contributed by atoms with Crippen LogP contribution in [-0.2, 0) is 6.42 Å². The molecule has 6 heteroatoms. The fourth-order valence-electron chi connectivity index (χ4n) is 2.43. The summed E-state index contributed by atoms with van der Waals surface area (Å²) in [6, 6.07) is 16.5. The molecule has 0 atom stereocenters. The van der Waals surface area contributed by atoms with Crippen LogP contribution in [0.25, 0.3) is 22.5 Å². The van der Waals surface area contributed by atoms with E-state index in [0.717, 1.165) is 22.4 Å². The fourth-order valence-corrected chi connectivity index (χ4v) is 3.02. The van der Waals surface area contributed by atoms with Crippen molar-refractivity contribution in [2.75, 3.05) is 0 Å². The van der Waals surface area contributed by atoms with Crippen molar-refractivity contribution in [3.8, 4) is 28.6 Å². The lowest BCUT2D eigenvalue weighted by atomic mass is 10.0. The molecule has 2 nitrogen and oxygen atoms in total. The number of benzene rings is 2. The largest absolute Gasteiger partial charge is 0.247 e.